The van der Waals surface area contributed by atoms with Gasteiger partial charge in [-0.2, -0.15) is 0 Å². The summed E-state index contributed by atoms with van der Waals surface area (Å²) in [6, 6.07) is 6.16. The summed E-state index contributed by atoms with van der Waals surface area (Å²) in [5.74, 6) is 1.67. The number of aliphatic hydroxyl groups is 1. The van der Waals surface area contributed by atoms with E-state index < -0.39 is 0 Å². The van der Waals surface area contributed by atoms with Gasteiger partial charge in [0, 0.05) is 12.6 Å². The van der Waals surface area contributed by atoms with E-state index in [1.807, 2.05) is 0 Å². The van der Waals surface area contributed by atoms with E-state index in [0.717, 1.165) is 0 Å². The predicted octanol–water partition coefficient (Wildman–Crippen LogP) is 2.39. The standard InChI is InChI=1S/C14H13FN4O2S/c1-19-12(7-20)17-18-14(19)22-8-13-16-6-11(21-13)9-3-2-4-10(15)5-9/h2-6,20H,7-8H2,1H3. The summed E-state index contributed by atoms with van der Waals surface area (Å²) >= 11 is 1.40. The number of hydrogen-bond donors (Lipinski definition) is 1. The van der Waals surface area contributed by atoms with Crippen molar-refractivity contribution in [2.45, 2.75) is 17.5 Å². The van der Waals surface area contributed by atoms with E-state index in [1.54, 1.807) is 29.9 Å². The van der Waals surface area contributed by atoms with Crippen molar-refractivity contribution in [3.8, 4) is 11.3 Å². The fourth-order valence-electron chi connectivity index (χ4n) is 1.89. The van der Waals surface area contributed by atoms with Crippen LogP contribution in [0.15, 0.2) is 40.0 Å². The van der Waals surface area contributed by atoms with Gasteiger partial charge in [-0.3, -0.25) is 0 Å². The van der Waals surface area contributed by atoms with E-state index in [2.05, 4.69) is 15.2 Å². The molecule has 0 aliphatic rings. The van der Waals surface area contributed by atoms with Crippen LogP contribution in [0.3, 0.4) is 0 Å². The second kappa shape index (κ2) is 6.29. The van der Waals surface area contributed by atoms with E-state index in [0.29, 0.717) is 33.9 Å². The Bertz CT molecular complexity index is 787. The summed E-state index contributed by atoms with van der Waals surface area (Å²) in [6.45, 7) is -0.160. The zero-order chi connectivity index (χ0) is 15.5. The van der Waals surface area contributed by atoms with Crippen LogP contribution in [0.25, 0.3) is 11.3 Å². The number of nitrogens with zero attached hydrogens (tertiary/aromatic N) is 4. The molecule has 0 bridgehead atoms. The molecule has 0 amide bonds. The Balaban J connectivity index is 1.70. The number of thioether (sulfide) groups is 1. The number of oxazole rings is 1. The third-order valence-corrected chi connectivity index (χ3v) is 4.06. The van der Waals surface area contributed by atoms with Gasteiger partial charge in [0.05, 0.1) is 11.9 Å². The highest BCUT2D eigenvalue weighted by molar-refractivity contribution is 7.98. The van der Waals surface area contributed by atoms with Crippen molar-refractivity contribution in [1.29, 1.82) is 0 Å². The summed E-state index contributed by atoms with van der Waals surface area (Å²) < 4.78 is 20.5. The number of rotatable bonds is 5. The zero-order valence-electron chi connectivity index (χ0n) is 11.7. The van der Waals surface area contributed by atoms with Gasteiger partial charge in [-0.25, -0.2) is 9.37 Å². The van der Waals surface area contributed by atoms with Crippen LogP contribution in [0.4, 0.5) is 4.39 Å². The van der Waals surface area contributed by atoms with Gasteiger partial charge in [-0.15, -0.1) is 10.2 Å². The van der Waals surface area contributed by atoms with Gasteiger partial charge in [0.15, 0.2) is 16.7 Å². The Labute approximate surface area is 130 Å². The Hall–Kier alpha value is -2.19. The molecule has 0 aliphatic carbocycles. The zero-order valence-corrected chi connectivity index (χ0v) is 12.5. The van der Waals surface area contributed by atoms with Crippen molar-refractivity contribution in [2.75, 3.05) is 0 Å². The first-order chi connectivity index (χ1) is 10.7. The van der Waals surface area contributed by atoms with Gasteiger partial charge in [0.2, 0.25) is 5.89 Å². The largest absolute Gasteiger partial charge is 0.440 e. The van der Waals surface area contributed by atoms with Crippen LogP contribution >= 0.6 is 11.8 Å². The Morgan fingerprint density at radius 2 is 2.23 bits per heavy atom. The molecule has 1 N–H and O–H groups in total. The average Bonchev–Trinajstić information content (AvgIpc) is 3.12. The van der Waals surface area contributed by atoms with Crippen molar-refractivity contribution in [3.05, 3.63) is 48.0 Å². The van der Waals surface area contributed by atoms with Crippen molar-refractivity contribution in [3.63, 3.8) is 0 Å². The molecule has 8 heteroatoms. The van der Waals surface area contributed by atoms with Crippen molar-refractivity contribution in [2.24, 2.45) is 7.05 Å². The van der Waals surface area contributed by atoms with E-state index in [4.69, 9.17) is 9.52 Å². The van der Waals surface area contributed by atoms with Crippen LogP contribution in [0.2, 0.25) is 0 Å². The molecule has 6 nitrogen and oxygen atoms in total. The number of halogens is 1. The van der Waals surface area contributed by atoms with Crippen LogP contribution in [0.5, 0.6) is 0 Å². The maximum absolute atomic E-state index is 13.2. The maximum Gasteiger partial charge on any atom is 0.205 e. The molecule has 0 atom stereocenters. The van der Waals surface area contributed by atoms with Gasteiger partial charge in [0.1, 0.15) is 12.4 Å². The monoisotopic (exact) mass is 320 g/mol. The van der Waals surface area contributed by atoms with Gasteiger partial charge >= 0.3 is 0 Å². The molecule has 0 fully saturated rings. The summed E-state index contributed by atoms with van der Waals surface area (Å²) in [6.07, 6.45) is 1.57. The first-order valence-electron chi connectivity index (χ1n) is 6.50. The van der Waals surface area contributed by atoms with Crippen LogP contribution in [0.1, 0.15) is 11.7 Å². The second-order valence-corrected chi connectivity index (χ2v) is 5.48. The molecular formula is C14H13FN4O2S. The molecule has 3 aromatic rings. The normalized spacial score (nSPS) is 11.0. The molecule has 0 saturated heterocycles. The Morgan fingerprint density at radius 1 is 1.36 bits per heavy atom. The topological polar surface area (TPSA) is 77.0 Å². The molecule has 2 aromatic heterocycles. The molecule has 2 heterocycles. The molecule has 0 spiro atoms. The third-order valence-electron chi connectivity index (χ3n) is 3.05. The predicted molar refractivity (Wildman–Crippen MR) is 78.4 cm³/mol. The van der Waals surface area contributed by atoms with Crippen molar-refractivity contribution >= 4 is 11.8 Å². The van der Waals surface area contributed by atoms with E-state index in [9.17, 15) is 4.39 Å². The lowest BCUT2D eigenvalue weighted by Gasteiger charge is -2.00. The highest BCUT2D eigenvalue weighted by atomic mass is 32.2. The minimum Gasteiger partial charge on any atom is -0.440 e. The lowest BCUT2D eigenvalue weighted by atomic mass is 10.2. The van der Waals surface area contributed by atoms with Crippen molar-refractivity contribution in [1.82, 2.24) is 19.7 Å². The molecular weight excluding hydrogens is 307 g/mol. The number of benzene rings is 1. The number of hydrogen-bond acceptors (Lipinski definition) is 6. The Morgan fingerprint density at radius 3 is 2.95 bits per heavy atom. The fourth-order valence-corrected chi connectivity index (χ4v) is 2.67. The SMILES string of the molecule is Cn1c(CO)nnc1SCc1ncc(-c2cccc(F)c2)o1. The third kappa shape index (κ3) is 3.02. The fraction of sp³-hybridized carbons (Fsp3) is 0.214. The van der Waals surface area contributed by atoms with Crippen LogP contribution in [-0.2, 0) is 19.4 Å². The van der Waals surface area contributed by atoms with Gasteiger partial charge in [0.25, 0.3) is 0 Å². The Kier molecular flexibility index (Phi) is 4.21. The molecule has 22 heavy (non-hydrogen) atoms. The summed E-state index contributed by atoms with van der Waals surface area (Å²) in [5, 5.41) is 17.6. The summed E-state index contributed by atoms with van der Waals surface area (Å²) in [4.78, 5) is 4.18. The first kappa shape index (κ1) is 14.7. The number of aliphatic hydroxyl groups excluding tert-OH is 1. The molecule has 0 unspecified atom stereocenters. The van der Waals surface area contributed by atoms with Gasteiger partial charge in [-0.05, 0) is 12.1 Å². The smallest absolute Gasteiger partial charge is 0.205 e. The van der Waals surface area contributed by atoms with Gasteiger partial charge in [-0.1, -0.05) is 23.9 Å². The minimum atomic E-state index is -0.319. The molecule has 3 rings (SSSR count). The van der Waals surface area contributed by atoms with E-state index >= 15 is 0 Å². The van der Waals surface area contributed by atoms with Crippen LogP contribution in [-0.4, -0.2) is 24.9 Å². The second-order valence-electron chi connectivity index (χ2n) is 4.53. The number of aromatic nitrogens is 4. The highest BCUT2D eigenvalue weighted by Gasteiger charge is 2.11. The van der Waals surface area contributed by atoms with Crippen LogP contribution in [0, 0.1) is 5.82 Å². The highest BCUT2D eigenvalue weighted by Crippen LogP contribution is 2.25. The van der Waals surface area contributed by atoms with Crippen LogP contribution < -0.4 is 0 Å². The summed E-state index contributed by atoms with van der Waals surface area (Å²) in [7, 11) is 1.78. The van der Waals surface area contributed by atoms with Crippen molar-refractivity contribution < 1.29 is 13.9 Å². The molecule has 0 saturated carbocycles. The molecule has 0 radical (unpaired) electrons. The van der Waals surface area contributed by atoms with E-state index in [-0.39, 0.29) is 12.4 Å². The maximum atomic E-state index is 13.2. The first-order valence-corrected chi connectivity index (χ1v) is 7.48. The van der Waals surface area contributed by atoms with Gasteiger partial charge < -0.3 is 14.1 Å². The average molecular weight is 320 g/mol. The minimum absolute atomic E-state index is 0.160. The lowest BCUT2D eigenvalue weighted by Crippen LogP contribution is -1.98. The quantitative estimate of drug-likeness (QED) is 0.727. The summed E-state index contributed by atoms with van der Waals surface area (Å²) in [5.41, 5.74) is 0.643. The molecule has 0 aliphatic heterocycles. The molecule has 114 valence electrons. The van der Waals surface area contributed by atoms with E-state index in [1.165, 1.54) is 23.9 Å². The molecule has 1 aromatic carbocycles. The lowest BCUT2D eigenvalue weighted by molar-refractivity contribution is 0.266.